The van der Waals surface area contributed by atoms with E-state index >= 15 is 0 Å². The number of amides is 1. The Bertz CT molecular complexity index is 546. The lowest BCUT2D eigenvalue weighted by Gasteiger charge is -2.38. The van der Waals surface area contributed by atoms with Crippen LogP contribution in [0.5, 0.6) is 0 Å². The van der Waals surface area contributed by atoms with Gasteiger partial charge in [-0.2, -0.15) is 5.10 Å². The Labute approximate surface area is 156 Å². The van der Waals surface area contributed by atoms with Crippen molar-refractivity contribution < 1.29 is 9.90 Å². The van der Waals surface area contributed by atoms with Gasteiger partial charge in [-0.1, -0.05) is 13.8 Å². The molecule has 0 saturated carbocycles. The third kappa shape index (κ3) is 5.53. The number of aliphatic hydroxyl groups excluding tert-OH is 1. The van der Waals surface area contributed by atoms with Crippen LogP contribution in [0.2, 0.25) is 0 Å². The number of piperidine rings is 1. The molecule has 1 N–H and O–H groups in total. The molecule has 3 atom stereocenters. The predicted molar refractivity (Wildman–Crippen MR) is 101 cm³/mol. The molecule has 1 aromatic heterocycles. The second-order valence-electron chi connectivity index (χ2n) is 8.20. The standard InChI is InChI=1S/C19H33N5O2/c1-16-10-17(2)12-23(11-16)19(26)15-22-8-6-21(7-9-22)13-18(25)14-24-5-3-4-20-24/h3-5,16-18,25H,6-15H2,1-2H3. The highest BCUT2D eigenvalue weighted by molar-refractivity contribution is 5.78. The molecule has 2 saturated heterocycles. The Morgan fingerprint density at radius 2 is 1.77 bits per heavy atom. The normalized spacial score (nSPS) is 26.8. The minimum atomic E-state index is -0.417. The highest BCUT2D eigenvalue weighted by atomic mass is 16.3. The lowest BCUT2D eigenvalue weighted by Crippen LogP contribution is -2.53. The van der Waals surface area contributed by atoms with Crippen LogP contribution in [0.25, 0.3) is 0 Å². The molecule has 0 spiro atoms. The Hall–Kier alpha value is -1.44. The van der Waals surface area contributed by atoms with Crippen molar-refractivity contribution in [3.8, 4) is 0 Å². The van der Waals surface area contributed by atoms with E-state index in [2.05, 4.69) is 33.6 Å². The van der Waals surface area contributed by atoms with E-state index < -0.39 is 6.10 Å². The van der Waals surface area contributed by atoms with Crippen LogP contribution in [-0.4, -0.2) is 94.0 Å². The highest BCUT2D eigenvalue weighted by Crippen LogP contribution is 2.21. The molecule has 26 heavy (non-hydrogen) atoms. The van der Waals surface area contributed by atoms with Crippen molar-refractivity contribution in [1.82, 2.24) is 24.5 Å². The first-order chi connectivity index (χ1) is 12.5. The molecule has 3 heterocycles. The lowest BCUT2D eigenvalue weighted by atomic mass is 9.92. The van der Waals surface area contributed by atoms with Crippen molar-refractivity contribution in [2.24, 2.45) is 11.8 Å². The smallest absolute Gasteiger partial charge is 0.236 e. The average molecular weight is 364 g/mol. The summed E-state index contributed by atoms with van der Waals surface area (Å²) in [5, 5.41) is 14.4. The maximum Gasteiger partial charge on any atom is 0.236 e. The van der Waals surface area contributed by atoms with Crippen LogP contribution in [0.15, 0.2) is 18.5 Å². The van der Waals surface area contributed by atoms with Crippen LogP contribution in [0, 0.1) is 11.8 Å². The molecule has 0 aromatic carbocycles. The van der Waals surface area contributed by atoms with Gasteiger partial charge in [0.05, 0.1) is 19.2 Å². The molecule has 2 aliphatic rings. The van der Waals surface area contributed by atoms with Gasteiger partial charge >= 0.3 is 0 Å². The minimum Gasteiger partial charge on any atom is -0.390 e. The fourth-order valence-corrected chi connectivity index (χ4v) is 4.27. The van der Waals surface area contributed by atoms with E-state index in [0.717, 1.165) is 39.3 Å². The van der Waals surface area contributed by atoms with Gasteiger partial charge in [0.25, 0.3) is 0 Å². The van der Waals surface area contributed by atoms with Gasteiger partial charge in [0.15, 0.2) is 0 Å². The minimum absolute atomic E-state index is 0.274. The summed E-state index contributed by atoms with van der Waals surface area (Å²) in [5.41, 5.74) is 0. The van der Waals surface area contributed by atoms with Gasteiger partial charge in [0, 0.05) is 58.2 Å². The number of β-amino-alcohol motifs (C(OH)–C–C–N with tert-alkyl or cyclic N) is 1. The molecular weight excluding hydrogens is 330 g/mol. The molecule has 1 aromatic rings. The molecule has 2 fully saturated rings. The molecule has 3 unspecified atom stereocenters. The van der Waals surface area contributed by atoms with Gasteiger partial charge in [0.2, 0.25) is 5.91 Å². The molecule has 0 radical (unpaired) electrons. The Morgan fingerprint density at radius 3 is 2.38 bits per heavy atom. The fraction of sp³-hybridized carbons (Fsp3) is 0.789. The first kappa shape index (κ1) is 19.3. The van der Waals surface area contributed by atoms with Crippen LogP contribution < -0.4 is 0 Å². The second kappa shape index (κ2) is 8.97. The van der Waals surface area contributed by atoms with Gasteiger partial charge in [0.1, 0.15) is 0 Å². The van der Waals surface area contributed by atoms with E-state index in [4.69, 9.17) is 0 Å². The molecule has 7 nitrogen and oxygen atoms in total. The summed E-state index contributed by atoms with van der Waals surface area (Å²) < 4.78 is 1.76. The van der Waals surface area contributed by atoms with Gasteiger partial charge in [-0.15, -0.1) is 0 Å². The number of rotatable bonds is 6. The largest absolute Gasteiger partial charge is 0.390 e. The highest BCUT2D eigenvalue weighted by Gasteiger charge is 2.27. The summed E-state index contributed by atoms with van der Waals surface area (Å²) in [7, 11) is 0. The van der Waals surface area contributed by atoms with Gasteiger partial charge < -0.3 is 10.0 Å². The quantitative estimate of drug-likeness (QED) is 0.791. The number of carbonyl (C=O) groups is 1. The molecule has 2 aliphatic heterocycles. The summed E-state index contributed by atoms with van der Waals surface area (Å²) in [6.07, 6.45) is 4.41. The Morgan fingerprint density at radius 1 is 1.12 bits per heavy atom. The van der Waals surface area contributed by atoms with E-state index in [9.17, 15) is 9.90 Å². The third-order valence-corrected chi connectivity index (χ3v) is 5.47. The zero-order valence-electron chi connectivity index (χ0n) is 16.1. The summed E-state index contributed by atoms with van der Waals surface area (Å²) in [6, 6.07) is 1.87. The maximum absolute atomic E-state index is 12.6. The predicted octanol–water partition coefficient (Wildman–Crippen LogP) is 0.366. The first-order valence-electron chi connectivity index (χ1n) is 9.87. The summed E-state index contributed by atoms with van der Waals surface area (Å²) in [4.78, 5) is 19.2. The van der Waals surface area contributed by atoms with E-state index in [-0.39, 0.29) is 5.91 Å². The fourth-order valence-electron chi connectivity index (χ4n) is 4.27. The number of hydrogen-bond donors (Lipinski definition) is 1. The van der Waals surface area contributed by atoms with E-state index in [0.29, 0.717) is 31.5 Å². The Kier molecular flexibility index (Phi) is 6.67. The third-order valence-electron chi connectivity index (χ3n) is 5.47. The van der Waals surface area contributed by atoms with Crippen molar-refractivity contribution >= 4 is 5.91 Å². The van der Waals surface area contributed by atoms with E-state index in [1.807, 2.05) is 12.3 Å². The van der Waals surface area contributed by atoms with Crippen LogP contribution in [0.4, 0.5) is 0 Å². The number of piperazine rings is 1. The average Bonchev–Trinajstić information content (AvgIpc) is 3.08. The van der Waals surface area contributed by atoms with Crippen LogP contribution >= 0.6 is 0 Å². The summed E-state index contributed by atoms with van der Waals surface area (Å²) in [5.74, 6) is 1.49. The zero-order chi connectivity index (χ0) is 18.5. The number of aliphatic hydroxyl groups is 1. The summed E-state index contributed by atoms with van der Waals surface area (Å²) >= 11 is 0. The maximum atomic E-state index is 12.6. The number of nitrogens with zero attached hydrogens (tertiary/aromatic N) is 5. The van der Waals surface area contributed by atoms with Crippen molar-refractivity contribution in [2.75, 3.05) is 52.4 Å². The van der Waals surface area contributed by atoms with E-state index in [1.54, 1.807) is 10.9 Å². The van der Waals surface area contributed by atoms with Crippen molar-refractivity contribution in [3.63, 3.8) is 0 Å². The van der Waals surface area contributed by atoms with Gasteiger partial charge in [-0.25, -0.2) is 0 Å². The zero-order valence-corrected chi connectivity index (χ0v) is 16.1. The van der Waals surface area contributed by atoms with Crippen molar-refractivity contribution in [3.05, 3.63) is 18.5 Å². The topological polar surface area (TPSA) is 64.8 Å². The van der Waals surface area contributed by atoms with E-state index in [1.165, 1.54) is 6.42 Å². The molecule has 146 valence electrons. The number of aromatic nitrogens is 2. The van der Waals surface area contributed by atoms with Gasteiger partial charge in [-0.3, -0.25) is 19.3 Å². The first-order valence-corrected chi connectivity index (χ1v) is 9.87. The molecule has 3 rings (SSSR count). The van der Waals surface area contributed by atoms with Crippen molar-refractivity contribution in [2.45, 2.75) is 32.9 Å². The number of carbonyl (C=O) groups excluding carboxylic acids is 1. The lowest BCUT2D eigenvalue weighted by molar-refractivity contribution is -0.135. The molecule has 0 aliphatic carbocycles. The Balaban J connectivity index is 1.37. The van der Waals surface area contributed by atoms with Crippen LogP contribution in [0.3, 0.4) is 0 Å². The molecule has 7 heteroatoms. The SMILES string of the molecule is CC1CC(C)CN(C(=O)CN2CCN(CC(O)Cn3cccn3)CC2)C1. The molecular formula is C19H33N5O2. The monoisotopic (exact) mass is 363 g/mol. The van der Waals surface area contributed by atoms with Crippen molar-refractivity contribution in [1.29, 1.82) is 0 Å². The summed E-state index contributed by atoms with van der Waals surface area (Å²) in [6.45, 7) is 11.6. The molecule has 0 bridgehead atoms. The van der Waals surface area contributed by atoms with Gasteiger partial charge in [-0.05, 0) is 24.3 Å². The van der Waals surface area contributed by atoms with Crippen LogP contribution in [-0.2, 0) is 11.3 Å². The molecule has 1 amide bonds. The van der Waals surface area contributed by atoms with Crippen LogP contribution in [0.1, 0.15) is 20.3 Å². The number of likely N-dealkylation sites (tertiary alicyclic amines) is 1. The number of hydrogen-bond acceptors (Lipinski definition) is 5. The second-order valence-corrected chi connectivity index (χ2v) is 8.20.